The fraction of sp³-hybridized carbons (Fsp3) is 0.375. The molecule has 96 valence electrons. The number of rotatable bonds is 4. The highest BCUT2D eigenvalue weighted by Crippen LogP contribution is 2.29. The summed E-state index contributed by atoms with van der Waals surface area (Å²) in [6, 6.07) is 15.2. The van der Waals surface area contributed by atoms with E-state index in [9.17, 15) is 0 Å². The third-order valence-electron chi connectivity index (χ3n) is 3.89. The SMILES string of the molecule is CC(C)C(C)C(NN)c1ccc2ccccc2c1. The first-order valence-electron chi connectivity index (χ1n) is 6.58. The van der Waals surface area contributed by atoms with Crippen LogP contribution in [0.15, 0.2) is 42.5 Å². The van der Waals surface area contributed by atoms with Crippen molar-refractivity contribution < 1.29 is 0 Å². The smallest absolute Gasteiger partial charge is 0.0488 e. The second-order valence-corrected chi connectivity index (χ2v) is 5.35. The van der Waals surface area contributed by atoms with Gasteiger partial charge in [-0.3, -0.25) is 11.3 Å². The Morgan fingerprint density at radius 3 is 2.22 bits per heavy atom. The number of nitrogens with one attached hydrogen (secondary N) is 1. The second kappa shape index (κ2) is 5.51. The predicted octanol–water partition coefficient (Wildman–Crippen LogP) is 3.64. The summed E-state index contributed by atoms with van der Waals surface area (Å²) in [6.07, 6.45) is 0. The van der Waals surface area contributed by atoms with Crippen molar-refractivity contribution in [2.24, 2.45) is 17.7 Å². The first-order valence-corrected chi connectivity index (χ1v) is 6.58. The molecular formula is C16H22N2. The van der Waals surface area contributed by atoms with Gasteiger partial charge in [-0.15, -0.1) is 0 Å². The molecule has 0 aromatic heterocycles. The van der Waals surface area contributed by atoms with Gasteiger partial charge in [-0.05, 0) is 34.2 Å². The highest BCUT2D eigenvalue weighted by atomic mass is 15.2. The van der Waals surface area contributed by atoms with Gasteiger partial charge in [0.1, 0.15) is 0 Å². The van der Waals surface area contributed by atoms with Crippen molar-refractivity contribution in [2.45, 2.75) is 26.8 Å². The van der Waals surface area contributed by atoms with Gasteiger partial charge in [-0.1, -0.05) is 57.2 Å². The van der Waals surface area contributed by atoms with E-state index in [0.29, 0.717) is 11.8 Å². The Hall–Kier alpha value is -1.38. The zero-order valence-corrected chi connectivity index (χ0v) is 11.4. The molecule has 0 spiro atoms. The van der Waals surface area contributed by atoms with Gasteiger partial charge in [-0.25, -0.2) is 0 Å². The summed E-state index contributed by atoms with van der Waals surface area (Å²) < 4.78 is 0. The molecule has 2 atom stereocenters. The first kappa shape index (κ1) is 13.1. The van der Waals surface area contributed by atoms with Crippen LogP contribution in [0.4, 0.5) is 0 Å². The minimum Gasteiger partial charge on any atom is -0.271 e. The summed E-state index contributed by atoms with van der Waals surface area (Å²) in [7, 11) is 0. The first-order chi connectivity index (χ1) is 8.63. The lowest BCUT2D eigenvalue weighted by Crippen LogP contribution is -2.34. The Labute approximate surface area is 109 Å². The maximum Gasteiger partial charge on any atom is 0.0488 e. The van der Waals surface area contributed by atoms with Crippen LogP contribution in [0.5, 0.6) is 0 Å². The summed E-state index contributed by atoms with van der Waals surface area (Å²) in [5, 5.41) is 2.54. The van der Waals surface area contributed by atoms with Crippen molar-refractivity contribution in [3.8, 4) is 0 Å². The third-order valence-corrected chi connectivity index (χ3v) is 3.89. The molecule has 2 aromatic rings. The Balaban J connectivity index is 2.39. The molecule has 0 saturated heterocycles. The summed E-state index contributed by atoms with van der Waals surface area (Å²) >= 11 is 0. The van der Waals surface area contributed by atoms with Crippen LogP contribution in [0, 0.1) is 11.8 Å². The maximum absolute atomic E-state index is 5.74. The molecule has 2 aromatic carbocycles. The van der Waals surface area contributed by atoms with Crippen LogP contribution in [0.1, 0.15) is 32.4 Å². The number of nitrogens with two attached hydrogens (primary N) is 1. The van der Waals surface area contributed by atoms with Gasteiger partial charge >= 0.3 is 0 Å². The van der Waals surface area contributed by atoms with Crippen molar-refractivity contribution in [3.63, 3.8) is 0 Å². The van der Waals surface area contributed by atoms with E-state index < -0.39 is 0 Å². The zero-order chi connectivity index (χ0) is 13.1. The number of benzene rings is 2. The minimum atomic E-state index is 0.203. The molecular weight excluding hydrogens is 220 g/mol. The molecule has 0 heterocycles. The highest BCUT2D eigenvalue weighted by Gasteiger charge is 2.20. The van der Waals surface area contributed by atoms with Crippen LogP contribution < -0.4 is 11.3 Å². The average Bonchev–Trinajstić information content (AvgIpc) is 2.39. The topological polar surface area (TPSA) is 38.0 Å². The van der Waals surface area contributed by atoms with Crippen molar-refractivity contribution >= 4 is 10.8 Å². The monoisotopic (exact) mass is 242 g/mol. The Morgan fingerprint density at radius 1 is 0.944 bits per heavy atom. The van der Waals surface area contributed by atoms with Gasteiger partial charge in [0.15, 0.2) is 0 Å². The summed E-state index contributed by atoms with van der Waals surface area (Å²) in [5.41, 5.74) is 4.23. The van der Waals surface area contributed by atoms with Crippen molar-refractivity contribution in [1.29, 1.82) is 0 Å². The number of hydrazine groups is 1. The normalized spacial score (nSPS) is 14.9. The Bertz CT molecular complexity index is 519. The average molecular weight is 242 g/mol. The molecule has 2 heteroatoms. The van der Waals surface area contributed by atoms with E-state index in [2.05, 4.69) is 68.7 Å². The summed E-state index contributed by atoms with van der Waals surface area (Å²) in [4.78, 5) is 0. The molecule has 0 saturated carbocycles. The van der Waals surface area contributed by atoms with Crippen molar-refractivity contribution in [1.82, 2.24) is 5.43 Å². The van der Waals surface area contributed by atoms with Crippen molar-refractivity contribution in [3.05, 3.63) is 48.0 Å². The van der Waals surface area contributed by atoms with Gasteiger partial charge in [-0.2, -0.15) is 0 Å². The Morgan fingerprint density at radius 2 is 1.61 bits per heavy atom. The molecule has 2 rings (SSSR count). The van der Waals surface area contributed by atoms with Crippen LogP contribution in [0.25, 0.3) is 10.8 Å². The fourth-order valence-corrected chi connectivity index (χ4v) is 2.34. The fourth-order valence-electron chi connectivity index (χ4n) is 2.34. The lowest BCUT2D eigenvalue weighted by molar-refractivity contribution is 0.306. The summed E-state index contributed by atoms with van der Waals surface area (Å²) in [5.74, 6) is 6.83. The third kappa shape index (κ3) is 2.55. The molecule has 0 aliphatic rings. The van der Waals surface area contributed by atoms with E-state index in [1.54, 1.807) is 0 Å². The highest BCUT2D eigenvalue weighted by molar-refractivity contribution is 5.83. The van der Waals surface area contributed by atoms with Crippen LogP contribution in [-0.2, 0) is 0 Å². The van der Waals surface area contributed by atoms with E-state index in [-0.39, 0.29) is 6.04 Å². The van der Waals surface area contributed by atoms with E-state index in [1.165, 1.54) is 16.3 Å². The molecule has 0 radical (unpaired) electrons. The van der Waals surface area contributed by atoms with E-state index >= 15 is 0 Å². The summed E-state index contributed by atoms with van der Waals surface area (Å²) in [6.45, 7) is 6.70. The molecule has 0 aliphatic carbocycles. The number of hydrogen-bond donors (Lipinski definition) is 2. The molecule has 3 N–H and O–H groups in total. The van der Waals surface area contributed by atoms with Gasteiger partial charge in [0.25, 0.3) is 0 Å². The van der Waals surface area contributed by atoms with Gasteiger partial charge in [0.2, 0.25) is 0 Å². The maximum atomic E-state index is 5.74. The standard InChI is InChI=1S/C16H22N2/c1-11(2)12(3)16(18-17)15-9-8-13-6-4-5-7-14(13)10-15/h4-12,16,18H,17H2,1-3H3. The van der Waals surface area contributed by atoms with E-state index in [0.717, 1.165) is 0 Å². The zero-order valence-electron chi connectivity index (χ0n) is 11.4. The predicted molar refractivity (Wildman–Crippen MR) is 78.0 cm³/mol. The molecule has 0 bridgehead atoms. The quantitative estimate of drug-likeness (QED) is 0.634. The van der Waals surface area contributed by atoms with Crippen LogP contribution in [0.2, 0.25) is 0 Å². The lowest BCUT2D eigenvalue weighted by Gasteiger charge is -2.27. The van der Waals surface area contributed by atoms with Gasteiger partial charge in [0.05, 0.1) is 0 Å². The molecule has 2 nitrogen and oxygen atoms in total. The molecule has 0 aliphatic heterocycles. The van der Waals surface area contributed by atoms with Crippen LogP contribution >= 0.6 is 0 Å². The minimum absolute atomic E-state index is 0.203. The largest absolute Gasteiger partial charge is 0.271 e. The second-order valence-electron chi connectivity index (χ2n) is 5.35. The number of hydrogen-bond acceptors (Lipinski definition) is 2. The van der Waals surface area contributed by atoms with Crippen molar-refractivity contribution in [2.75, 3.05) is 0 Å². The molecule has 0 amide bonds. The molecule has 18 heavy (non-hydrogen) atoms. The lowest BCUT2D eigenvalue weighted by atomic mass is 9.86. The van der Waals surface area contributed by atoms with E-state index in [4.69, 9.17) is 5.84 Å². The molecule has 0 fully saturated rings. The van der Waals surface area contributed by atoms with Crippen LogP contribution in [0.3, 0.4) is 0 Å². The van der Waals surface area contributed by atoms with Crippen LogP contribution in [-0.4, -0.2) is 0 Å². The van der Waals surface area contributed by atoms with Gasteiger partial charge < -0.3 is 0 Å². The van der Waals surface area contributed by atoms with Gasteiger partial charge in [0, 0.05) is 6.04 Å². The Kier molecular flexibility index (Phi) is 4.00. The van der Waals surface area contributed by atoms with E-state index in [1.807, 2.05) is 0 Å². The number of fused-ring (bicyclic) bond motifs is 1. The molecule has 2 unspecified atom stereocenters.